The summed E-state index contributed by atoms with van der Waals surface area (Å²) in [5.74, 6) is -0.514. The van der Waals surface area contributed by atoms with Gasteiger partial charge in [0.05, 0.1) is 11.3 Å². The highest BCUT2D eigenvalue weighted by atomic mass is 35.5. The number of fused-ring (bicyclic) bond motifs is 1. The van der Waals surface area contributed by atoms with Gasteiger partial charge in [0, 0.05) is 37.5 Å². The molecule has 0 saturated heterocycles. The molecule has 0 radical (unpaired) electrons. The third-order valence-electron chi connectivity index (χ3n) is 5.65. The van der Waals surface area contributed by atoms with Crippen LogP contribution in [0.2, 0.25) is 5.02 Å². The van der Waals surface area contributed by atoms with Crippen LogP contribution in [0, 0.1) is 17.7 Å². The van der Waals surface area contributed by atoms with Gasteiger partial charge in [0.25, 0.3) is 0 Å². The van der Waals surface area contributed by atoms with E-state index in [0.717, 1.165) is 18.7 Å². The molecule has 1 aliphatic rings. The molecule has 3 rings (SSSR count). The molecular formula is C23H30ClFN4O2. The Balaban J connectivity index is 2.05. The molecule has 0 bridgehead atoms. The summed E-state index contributed by atoms with van der Waals surface area (Å²) in [6.07, 6.45) is 1.54. The van der Waals surface area contributed by atoms with Crippen LogP contribution in [0.15, 0.2) is 18.2 Å². The van der Waals surface area contributed by atoms with Crippen molar-refractivity contribution in [1.29, 1.82) is 0 Å². The SMILES string of the molecule is CNC(=O)[C@@H](CC(=O)c1nc(-c2cc(Cl)ccc2F)n2c1CN(C)CCC2)CC(C)C. The Labute approximate surface area is 187 Å². The largest absolute Gasteiger partial charge is 0.359 e. The molecule has 1 amide bonds. The van der Waals surface area contributed by atoms with E-state index in [1.807, 2.05) is 25.5 Å². The van der Waals surface area contributed by atoms with E-state index in [1.165, 1.54) is 12.1 Å². The van der Waals surface area contributed by atoms with Gasteiger partial charge >= 0.3 is 0 Å². The molecule has 8 heteroatoms. The Morgan fingerprint density at radius 3 is 2.71 bits per heavy atom. The molecule has 6 nitrogen and oxygen atoms in total. The van der Waals surface area contributed by atoms with Crippen LogP contribution < -0.4 is 5.32 Å². The number of halogens is 2. The van der Waals surface area contributed by atoms with E-state index in [2.05, 4.69) is 15.2 Å². The third kappa shape index (κ3) is 5.33. The fourth-order valence-corrected chi connectivity index (χ4v) is 4.37. The topological polar surface area (TPSA) is 67.2 Å². The number of hydrogen-bond donors (Lipinski definition) is 1. The molecule has 1 N–H and O–H groups in total. The third-order valence-corrected chi connectivity index (χ3v) is 5.89. The van der Waals surface area contributed by atoms with Crippen LogP contribution >= 0.6 is 11.6 Å². The van der Waals surface area contributed by atoms with Crippen molar-refractivity contribution in [3.8, 4) is 11.4 Å². The first-order chi connectivity index (χ1) is 14.7. The maximum absolute atomic E-state index is 14.7. The van der Waals surface area contributed by atoms with Gasteiger partial charge in [-0.1, -0.05) is 25.4 Å². The van der Waals surface area contributed by atoms with Crippen LogP contribution in [0.1, 0.15) is 49.3 Å². The van der Waals surface area contributed by atoms with Crippen molar-refractivity contribution >= 4 is 23.3 Å². The smallest absolute Gasteiger partial charge is 0.223 e. The molecule has 168 valence electrons. The highest BCUT2D eigenvalue weighted by Crippen LogP contribution is 2.31. The average Bonchev–Trinajstić information content (AvgIpc) is 2.94. The molecule has 0 saturated carbocycles. The molecule has 1 aromatic carbocycles. The minimum absolute atomic E-state index is 0.0725. The summed E-state index contributed by atoms with van der Waals surface area (Å²) in [4.78, 5) is 32.4. The summed E-state index contributed by atoms with van der Waals surface area (Å²) in [6, 6.07) is 4.35. The number of aromatic nitrogens is 2. The van der Waals surface area contributed by atoms with E-state index >= 15 is 0 Å². The number of ketones is 1. The highest BCUT2D eigenvalue weighted by Gasteiger charge is 2.30. The van der Waals surface area contributed by atoms with E-state index < -0.39 is 11.7 Å². The summed E-state index contributed by atoms with van der Waals surface area (Å²) in [7, 11) is 3.57. The van der Waals surface area contributed by atoms with E-state index in [9.17, 15) is 14.0 Å². The zero-order chi connectivity index (χ0) is 22.7. The number of nitrogens with one attached hydrogen (secondary N) is 1. The zero-order valence-corrected chi connectivity index (χ0v) is 19.3. The predicted octanol–water partition coefficient (Wildman–Crippen LogP) is 4.16. The summed E-state index contributed by atoms with van der Waals surface area (Å²) < 4.78 is 16.6. The average molecular weight is 449 g/mol. The van der Waals surface area contributed by atoms with E-state index in [-0.39, 0.29) is 29.6 Å². The van der Waals surface area contributed by atoms with Crippen LogP contribution in [0.25, 0.3) is 11.4 Å². The van der Waals surface area contributed by atoms with Crippen molar-refractivity contribution in [3.63, 3.8) is 0 Å². The van der Waals surface area contributed by atoms with Gasteiger partial charge in [-0.3, -0.25) is 9.59 Å². The van der Waals surface area contributed by atoms with Crippen LogP contribution in [0.4, 0.5) is 4.39 Å². The van der Waals surface area contributed by atoms with Crippen molar-refractivity contribution in [2.24, 2.45) is 11.8 Å². The molecule has 0 spiro atoms. The molecule has 0 fully saturated rings. The van der Waals surface area contributed by atoms with Gasteiger partial charge in [-0.25, -0.2) is 9.37 Å². The normalized spacial score (nSPS) is 15.5. The summed E-state index contributed by atoms with van der Waals surface area (Å²) >= 11 is 6.12. The summed E-state index contributed by atoms with van der Waals surface area (Å²) in [5.41, 5.74) is 1.36. The molecule has 0 aliphatic carbocycles. The number of rotatable bonds is 7. The molecular weight excluding hydrogens is 419 g/mol. The molecule has 2 aromatic rings. The first-order valence-electron chi connectivity index (χ1n) is 10.7. The molecule has 0 unspecified atom stereocenters. The second kappa shape index (κ2) is 9.92. The predicted molar refractivity (Wildman–Crippen MR) is 120 cm³/mol. The second-order valence-corrected chi connectivity index (χ2v) is 9.10. The molecule has 1 aromatic heterocycles. The number of hydrogen-bond acceptors (Lipinski definition) is 4. The molecule has 1 aliphatic heterocycles. The van der Waals surface area contributed by atoms with Gasteiger partial charge in [-0.2, -0.15) is 0 Å². The van der Waals surface area contributed by atoms with Crippen LogP contribution in [-0.4, -0.2) is 46.8 Å². The fourth-order valence-electron chi connectivity index (χ4n) is 4.20. The Kier molecular flexibility index (Phi) is 7.49. The van der Waals surface area contributed by atoms with Crippen LogP contribution in [-0.2, 0) is 17.9 Å². The lowest BCUT2D eigenvalue weighted by Gasteiger charge is -2.17. The number of carbonyl (C=O) groups is 2. The van der Waals surface area contributed by atoms with Gasteiger partial charge in [0.1, 0.15) is 17.3 Å². The van der Waals surface area contributed by atoms with Gasteiger partial charge < -0.3 is 14.8 Å². The number of nitrogens with zero attached hydrogens (tertiary/aromatic N) is 3. The van der Waals surface area contributed by atoms with Crippen LogP contribution in [0.5, 0.6) is 0 Å². The summed E-state index contributed by atoms with van der Waals surface area (Å²) in [6.45, 7) is 6.08. The summed E-state index contributed by atoms with van der Waals surface area (Å²) in [5, 5.41) is 3.07. The van der Waals surface area contributed by atoms with Crippen molar-refractivity contribution in [1.82, 2.24) is 19.8 Å². The second-order valence-electron chi connectivity index (χ2n) is 8.67. The minimum Gasteiger partial charge on any atom is -0.359 e. The van der Waals surface area contributed by atoms with Crippen LogP contribution in [0.3, 0.4) is 0 Å². The van der Waals surface area contributed by atoms with Crippen molar-refractivity contribution < 1.29 is 14.0 Å². The first kappa shape index (κ1) is 23.4. The van der Waals surface area contributed by atoms with Gasteiger partial charge in [0.15, 0.2) is 5.78 Å². The number of amides is 1. The minimum atomic E-state index is -0.433. The maximum atomic E-state index is 14.7. The Hall–Kier alpha value is -2.25. The van der Waals surface area contributed by atoms with Crippen molar-refractivity contribution in [2.45, 2.75) is 46.2 Å². The van der Waals surface area contributed by atoms with E-state index in [1.54, 1.807) is 13.1 Å². The van der Waals surface area contributed by atoms with E-state index in [0.29, 0.717) is 36.1 Å². The molecule has 1 atom stereocenters. The molecule has 31 heavy (non-hydrogen) atoms. The lowest BCUT2D eigenvalue weighted by Crippen LogP contribution is -2.30. The highest BCUT2D eigenvalue weighted by molar-refractivity contribution is 6.30. The zero-order valence-electron chi connectivity index (χ0n) is 18.5. The maximum Gasteiger partial charge on any atom is 0.223 e. The first-order valence-corrected chi connectivity index (χ1v) is 11.1. The fraction of sp³-hybridized carbons (Fsp3) is 0.522. The lowest BCUT2D eigenvalue weighted by molar-refractivity contribution is -0.124. The Morgan fingerprint density at radius 1 is 1.29 bits per heavy atom. The Bertz CT molecular complexity index is 973. The van der Waals surface area contributed by atoms with Crippen molar-refractivity contribution in [3.05, 3.63) is 40.4 Å². The van der Waals surface area contributed by atoms with Gasteiger partial charge in [-0.15, -0.1) is 0 Å². The Morgan fingerprint density at radius 2 is 2.03 bits per heavy atom. The monoisotopic (exact) mass is 448 g/mol. The van der Waals surface area contributed by atoms with E-state index in [4.69, 9.17) is 11.6 Å². The number of carbonyl (C=O) groups excluding carboxylic acids is 2. The number of imidazole rings is 1. The van der Waals surface area contributed by atoms with Crippen molar-refractivity contribution in [2.75, 3.05) is 20.6 Å². The van der Waals surface area contributed by atoms with Gasteiger partial charge in [0.2, 0.25) is 5.91 Å². The molecule has 2 heterocycles. The number of benzene rings is 1. The quantitative estimate of drug-likeness (QED) is 0.646. The van der Waals surface area contributed by atoms with Gasteiger partial charge in [-0.05, 0) is 50.6 Å². The standard InChI is InChI=1S/C23H30ClFN4O2/c1-14(2)10-15(23(31)26-3)11-20(30)21-19-13-28(4)8-5-9-29(19)22(27-21)17-12-16(24)6-7-18(17)25/h6-7,12,14-15H,5,8-11,13H2,1-4H3,(H,26,31)/t15-/m1/s1. The lowest BCUT2D eigenvalue weighted by atomic mass is 9.90. The number of Topliss-reactive ketones (excluding diaryl/α,β-unsaturated/α-hetero) is 1.